The molecular weight excluding hydrogens is 322 g/mol. The predicted octanol–water partition coefficient (Wildman–Crippen LogP) is 2.69. The first-order valence-corrected chi connectivity index (χ1v) is 7.64. The summed E-state index contributed by atoms with van der Waals surface area (Å²) in [5.41, 5.74) is 6.93. The van der Waals surface area contributed by atoms with Crippen molar-refractivity contribution in [1.82, 2.24) is 5.32 Å². The summed E-state index contributed by atoms with van der Waals surface area (Å²) >= 11 is 0. The lowest BCUT2D eigenvalue weighted by atomic mass is 10.1. The highest BCUT2D eigenvalue weighted by molar-refractivity contribution is 5.98. The fraction of sp³-hybridized carbons (Fsp3) is 0.222. The Hall–Kier alpha value is -3.22. The third-order valence-corrected chi connectivity index (χ3v) is 3.67. The second-order valence-electron chi connectivity index (χ2n) is 5.35. The van der Waals surface area contributed by atoms with Crippen molar-refractivity contribution in [2.24, 2.45) is 5.73 Å². The fourth-order valence-electron chi connectivity index (χ4n) is 2.42. The van der Waals surface area contributed by atoms with Gasteiger partial charge in [-0.3, -0.25) is 4.79 Å². The zero-order valence-electron chi connectivity index (χ0n) is 14.3. The first-order valence-electron chi connectivity index (χ1n) is 7.64. The average Bonchev–Trinajstić information content (AvgIpc) is 2.60. The SMILES string of the molecule is COc1cccc(C(=O)N[C@H](C)c2ccc(NC(N)=O)cc2)c1OC. The number of nitrogens with one attached hydrogen (secondary N) is 2. The van der Waals surface area contributed by atoms with Gasteiger partial charge in [0, 0.05) is 5.69 Å². The van der Waals surface area contributed by atoms with E-state index in [9.17, 15) is 9.59 Å². The molecule has 0 aliphatic carbocycles. The summed E-state index contributed by atoms with van der Waals surface area (Å²) in [6.07, 6.45) is 0. The zero-order valence-corrected chi connectivity index (χ0v) is 14.3. The first kappa shape index (κ1) is 18.1. The van der Waals surface area contributed by atoms with Gasteiger partial charge in [0.25, 0.3) is 5.91 Å². The van der Waals surface area contributed by atoms with Crippen LogP contribution in [0, 0.1) is 0 Å². The molecule has 7 heteroatoms. The molecule has 0 saturated carbocycles. The summed E-state index contributed by atoms with van der Waals surface area (Å²) < 4.78 is 10.5. The maximum atomic E-state index is 12.6. The summed E-state index contributed by atoms with van der Waals surface area (Å²) in [6, 6.07) is 11.3. The van der Waals surface area contributed by atoms with E-state index in [2.05, 4.69) is 10.6 Å². The van der Waals surface area contributed by atoms with Gasteiger partial charge in [-0.05, 0) is 36.8 Å². The van der Waals surface area contributed by atoms with Crippen molar-refractivity contribution in [3.63, 3.8) is 0 Å². The van der Waals surface area contributed by atoms with Gasteiger partial charge in [0.15, 0.2) is 11.5 Å². The molecule has 4 N–H and O–H groups in total. The zero-order chi connectivity index (χ0) is 18.4. The summed E-state index contributed by atoms with van der Waals surface area (Å²) in [7, 11) is 3.01. The number of urea groups is 1. The van der Waals surface area contributed by atoms with Crippen molar-refractivity contribution in [3.8, 4) is 11.5 Å². The summed E-state index contributed by atoms with van der Waals surface area (Å²) in [4.78, 5) is 23.4. The fourth-order valence-corrected chi connectivity index (χ4v) is 2.42. The molecule has 2 rings (SSSR count). The Balaban J connectivity index is 2.14. The van der Waals surface area contributed by atoms with Gasteiger partial charge in [0.2, 0.25) is 0 Å². The van der Waals surface area contributed by atoms with E-state index in [1.165, 1.54) is 14.2 Å². The number of rotatable bonds is 6. The van der Waals surface area contributed by atoms with E-state index in [1.54, 1.807) is 42.5 Å². The number of carbonyl (C=O) groups excluding carboxylic acids is 2. The van der Waals surface area contributed by atoms with E-state index in [-0.39, 0.29) is 11.9 Å². The molecule has 0 heterocycles. The lowest BCUT2D eigenvalue weighted by molar-refractivity contribution is 0.0936. The van der Waals surface area contributed by atoms with Crippen LogP contribution in [-0.2, 0) is 0 Å². The quantitative estimate of drug-likeness (QED) is 0.750. The number of amides is 3. The molecule has 3 amide bonds. The third-order valence-electron chi connectivity index (χ3n) is 3.67. The van der Waals surface area contributed by atoms with Crippen molar-refractivity contribution < 1.29 is 19.1 Å². The van der Waals surface area contributed by atoms with Gasteiger partial charge in [-0.2, -0.15) is 0 Å². The Morgan fingerprint density at radius 2 is 1.72 bits per heavy atom. The highest BCUT2D eigenvalue weighted by Crippen LogP contribution is 2.31. The average molecular weight is 343 g/mol. The van der Waals surface area contributed by atoms with Gasteiger partial charge in [-0.25, -0.2) is 4.79 Å². The van der Waals surface area contributed by atoms with Crippen LogP contribution in [-0.4, -0.2) is 26.2 Å². The number of hydrogen-bond donors (Lipinski definition) is 3. The molecule has 25 heavy (non-hydrogen) atoms. The van der Waals surface area contributed by atoms with Gasteiger partial charge in [0.1, 0.15) is 0 Å². The van der Waals surface area contributed by atoms with Gasteiger partial charge in [-0.1, -0.05) is 18.2 Å². The smallest absolute Gasteiger partial charge is 0.316 e. The van der Waals surface area contributed by atoms with Crippen LogP contribution in [0.15, 0.2) is 42.5 Å². The number of anilines is 1. The van der Waals surface area contributed by atoms with Crippen molar-refractivity contribution >= 4 is 17.6 Å². The minimum absolute atomic E-state index is 0.244. The van der Waals surface area contributed by atoms with Gasteiger partial charge < -0.3 is 25.8 Å². The molecule has 0 fully saturated rings. The second kappa shape index (κ2) is 8.05. The van der Waals surface area contributed by atoms with Crippen LogP contribution in [0.3, 0.4) is 0 Å². The van der Waals surface area contributed by atoms with E-state index < -0.39 is 6.03 Å². The molecule has 0 aliphatic heterocycles. The summed E-state index contributed by atoms with van der Waals surface area (Å²) in [6.45, 7) is 1.86. The van der Waals surface area contributed by atoms with E-state index in [0.29, 0.717) is 22.7 Å². The highest BCUT2D eigenvalue weighted by atomic mass is 16.5. The first-order chi connectivity index (χ1) is 12.0. The van der Waals surface area contributed by atoms with Crippen LogP contribution >= 0.6 is 0 Å². The second-order valence-corrected chi connectivity index (χ2v) is 5.35. The van der Waals surface area contributed by atoms with Crippen LogP contribution < -0.4 is 25.8 Å². The van der Waals surface area contributed by atoms with Gasteiger partial charge in [0.05, 0.1) is 25.8 Å². The van der Waals surface area contributed by atoms with Crippen molar-refractivity contribution in [2.45, 2.75) is 13.0 Å². The topological polar surface area (TPSA) is 103 Å². The Bertz CT molecular complexity index is 759. The molecule has 0 bridgehead atoms. The number of nitrogens with two attached hydrogens (primary N) is 1. The van der Waals surface area contributed by atoms with Crippen molar-refractivity contribution in [1.29, 1.82) is 0 Å². The van der Waals surface area contributed by atoms with Crippen LogP contribution in [0.4, 0.5) is 10.5 Å². The van der Waals surface area contributed by atoms with E-state index in [0.717, 1.165) is 5.56 Å². The third kappa shape index (κ3) is 4.41. The van der Waals surface area contributed by atoms with Gasteiger partial charge >= 0.3 is 6.03 Å². The number of primary amides is 1. The monoisotopic (exact) mass is 343 g/mol. The van der Waals surface area contributed by atoms with Crippen LogP contribution in [0.1, 0.15) is 28.9 Å². The molecular formula is C18H21N3O4. The molecule has 7 nitrogen and oxygen atoms in total. The Kier molecular flexibility index (Phi) is 5.84. The standard InChI is InChI=1S/C18H21N3O4/c1-11(12-7-9-13(10-8-12)21-18(19)23)20-17(22)14-5-4-6-15(24-2)16(14)25-3/h4-11H,1-3H3,(H,20,22)(H3,19,21,23)/t11-/m1/s1. The molecule has 1 atom stereocenters. The Labute approximate surface area is 146 Å². The number of carbonyl (C=O) groups is 2. The molecule has 2 aromatic rings. The van der Waals surface area contributed by atoms with E-state index >= 15 is 0 Å². The van der Waals surface area contributed by atoms with Crippen LogP contribution in [0.2, 0.25) is 0 Å². The summed E-state index contributed by atoms with van der Waals surface area (Å²) in [5.74, 6) is 0.600. The number of benzene rings is 2. The summed E-state index contributed by atoms with van der Waals surface area (Å²) in [5, 5.41) is 5.40. The normalized spacial score (nSPS) is 11.3. The molecule has 0 saturated heterocycles. The molecule has 0 unspecified atom stereocenters. The molecule has 0 aromatic heterocycles. The minimum atomic E-state index is -0.626. The molecule has 2 aromatic carbocycles. The molecule has 0 spiro atoms. The molecule has 132 valence electrons. The van der Waals surface area contributed by atoms with Gasteiger partial charge in [-0.15, -0.1) is 0 Å². The van der Waals surface area contributed by atoms with Crippen molar-refractivity contribution in [2.75, 3.05) is 19.5 Å². The lowest BCUT2D eigenvalue weighted by Crippen LogP contribution is -2.27. The maximum absolute atomic E-state index is 12.6. The molecule has 0 aliphatic rings. The maximum Gasteiger partial charge on any atom is 0.316 e. The van der Waals surface area contributed by atoms with Crippen LogP contribution in [0.25, 0.3) is 0 Å². The number of para-hydroxylation sites is 1. The van der Waals surface area contributed by atoms with E-state index in [4.69, 9.17) is 15.2 Å². The number of ether oxygens (including phenoxy) is 2. The number of hydrogen-bond acceptors (Lipinski definition) is 4. The Morgan fingerprint density at radius 3 is 2.28 bits per heavy atom. The number of methoxy groups -OCH3 is 2. The lowest BCUT2D eigenvalue weighted by Gasteiger charge is -2.17. The highest BCUT2D eigenvalue weighted by Gasteiger charge is 2.18. The molecule has 0 radical (unpaired) electrons. The largest absolute Gasteiger partial charge is 0.493 e. The minimum Gasteiger partial charge on any atom is -0.493 e. The Morgan fingerprint density at radius 1 is 1.04 bits per heavy atom. The van der Waals surface area contributed by atoms with Crippen molar-refractivity contribution in [3.05, 3.63) is 53.6 Å². The van der Waals surface area contributed by atoms with E-state index in [1.807, 2.05) is 6.92 Å². The van der Waals surface area contributed by atoms with Crippen LogP contribution in [0.5, 0.6) is 11.5 Å². The predicted molar refractivity (Wildman–Crippen MR) is 95.1 cm³/mol.